The van der Waals surface area contributed by atoms with Crippen LogP contribution in [0.15, 0.2) is 53.5 Å². The van der Waals surface area contributed by atoms with Gasteiger partial charge in [-0.05, 0) is 35.4 Å². The number of nitrogens with zero attached hydrogens (tertiary/aromatic N) is 2. The van der Waals surface area contributed by atoms with Crippen molar-refractivity contribution in [3.8, 4) is 0 Å². The van der Waals surface area contributed by atoms with E-state index in [1.165, 1.54) is 11.3 Å². The highest BCUT2D eigenvalue weighted by molar-refractivity contribution is 14.0. The molecule has 0 bridgehead atoms. The molecular formula is C20H26ClIN4O. The fourth-order valence-corrected chi connectivity index (χ4v) is 2.97. The van der Waals surface area contributed by atoms with E-state index in [1.807, 2.05) is 24.3 Å². The molecule has 0 amide bonds. The molecule has 0 radical (unpaired) electrons. The van der Waals surface area contributed by atoms with Crippen molar-refractivity contribution in [2.24, 2.45) is 4.99 Å². The summed E-state index contributed by atoms with van der Waals surface area (Å²) < 4.78 is 5.40. The Kier molecular flexibility index (Phi) is 9.17. The van der Waals surface area contributed by atoms with Crippen LogP contribution in [0.4, 0.5) is 5.69 Å². The van der Waals surface area contributed by atoms with E-state index in [2.05, 4.69) is 44.8 Å². The van der Waals surface area contributed by atoms with Crippen LogP contribution in [0, 0.1) is 0 Å². The molecule has 0 aliphatic carbocycles. The first kappa shape index (κ1) is 21.8. The first-order valence-electron chi connectivity index (χ1n) is 8.85. The van der Waals surface area contributed by atoms with Crippen LogP contribution < -0.4 is 15.5 Å². The Balaban J connectivity index is 0.00000261. The first-order valence-corrected chi connectivity index (χ1v) is 9.23. The molecule has 1 saturated heterocycles. The van der Waals surface area contributed by atoms with Crippen molar-refractivity contribution in [2.75, 3.05) is 38.3 Å². The molecule has 5 nitrogen and oxygen atoms in total. The molecule has 1 fully saturated rings. The second kappa shape index (κ2) is 11.4. The molecule has 0 atom stereocenters. The van der Waals surface area contributed by atoms with Crippen molar-refractivity contribution < 1.29 is 4.74 Å². The molecule has 0 aromatic heterocycles. The molecule has 27 heavy (non-hydrogen) atoms. The molecule has 2 N–H and O–H groups in total. The quantitative estimate of drug-likeness (QED) is 0.374. The molecule has 2 aromatic rings. The number of ether oxygens (including phenoxy) is 1. The predicted molar refractivity (Wildman–Crippen MR) is 123 cm³/mol. The summed E-state index contributed by atoms with van der Waals surface area (Å²) in [5.41, 5.74) is 3.63. The molecule has 1 heterocycles. The minimum Gasteiger partial charge on any atom is -0.378 e. The van der Waals surface area contributed by atoms with E-state index in [1.54, 1.807) is 7.05 Å². The number of nitrogens with one attached hydrogen (secondary N) is 2. The largest absolute Gasteiger partial charge is 0.378 e. The Labute approximate surface area is 183 Å². The molecule has 3 rings (SSSR count). The third-order valence-corrected chi connectivity index (χ3v) is 4.62. The van der Waals surface area contributed by atoms with Crippen LogP contribution in [0.1, 0.15) is 11.1 Å². The molecule has 0 saturated carbocycles. The number of aliphatic imine (C=N–C) groups is 1. The number of benzene rings is 2. The van der Waals surface area contributed by atoms with E-state index < -0.39 is 0 Å². The summed E-state index contributed by atoms with van der Waals surface area (Å²) in [7, 11) is 1.78. The lowest BCUT2D eigenvalue weighted by molar-refractivity contribution is 0.122. The van der Waals surface area contributed by atoms with E-state index in [0.717, 1.165) is 49.4 Å². The maximum absolute atomic E-state index is 5.91. The van der Waals surface area contributed by atoms with Crippen molar-refractivity contribution in [1.29, 1.82) is 0 Å². The Hall–Kier alpha value is -1.51. The molecule has 2 aromatic carbocycles. The Morgan fingerprint density at radius 3 is 2.00 bits per heavy atom. The molecular weight excluding hydrogens is 475 g/mol. The summed E-state index contributed by atoms with van der Waals surface area (Å²) in [6, 6.07) is 16.5. The predicted octanol–water partition coefficient (Wildman–Crippen LogP) is 3.66. The van der Waals surface area contributed by atoms with Crippen LogP contribution in [-0.2, 0) is 17.8 Å². The monoisotopic (exact) mass is 500 g/mol. The molecule has 0 spiro atoms. The van der Waals surface area contributed by atoms with Gasteiger partial charge in [0.05, 0.1) is 13.2 Å². The average Bonchev–Trinajstić information content (AvgIpc) is 2.70. The lowest BCUT2D eigenvalue weighted by Gasteiger charge is -2.28. The van der Waals surface area contributed by atoms with Gasteiger partial charge < -0.3 is 20.3 Å². The molecule has 7 heteroatoms. The Bertz CT molecular complexity index is 716. The average molecular weight is 501 g/mol. The van der Waals surface area contributed by atoms with Crippen LogP contribution >= 0.6 is 35.6 Å². The second-order valence-corrected chi connectivity index (χ2v) is 6.61. The zero-order valence-corrected chi connectivity index (χ0v) is 18.5. The number of morpholine rings is 1. The Morgan fingerprint density at radius 2 is 1.48 bits per heavy atom. The van der Waals surface area contributed by atoms with Gasteiger partial charge in [-0.15, -0.1) is 24.0 Å². The summed E-state index contributed by atoms with van der Waals surface area (Å²) >= 11 is 5.91. The minimum absolute atomic E-state index is 0. The number of halogens is 2. The lowest BCUT2D eigenvalue weighted by Crippen LogP contribution is -2.36. The number of guanidine groups is 1. The van der Waals surface area contributed by atoms with Crippen molar-refractivity contribution in [3.05, 3.63) is 64.7 Å². The Morgan fingerprint density at radius 1 is 0.963 bits per heavy atom. The van der Waals surface area contributed by atoms with E-state index in [4.69, 9.17) is 16.3 Å². The fraction of sp³-hybridized carbons (Fsp3) is 0.350. The van der Waals surface area contributed by atoms with E-state index >= 15 is 0 Å². The van der Waals surface area contributed by atoms with Crippen LogP contribution in [-0.4, -0.2) is 39.3 Å². The van der Waals surface area contributed by atoms with Gasteiger partial charge in [-0.3, -0.25) is 4.99 Å². The number of hydrogen-bond acceptors (Lipinski definition) is 3. The topological polar surface area (TPSA) is 48.9 Å². The summed E-state index contributed by atoms with van der Waals surface area (Å²) in [5.74, 6) is 0.775. The van der Waals surface area contributed by atoms with Crippen LogP contribution in [0.5, 0.6) is 0 Å². The van der Waals surface area contributed by atoms with Crippen molar-refractivity contribution in [2.45, 2.75) is 13.1 Å². The van der Waals surface area contributed by atoms with Gasteiger partial charge in [-0.2, -0.15) is 0 Å². The maximum Gasteiger partial charge on any atom is 0.191 e. The van der Waals surface area contributed by atoms with Crippen molar-refractivity contribution in [3.63, 3.8) is 0 Å². The van der Waals surface area contributed by atoms with Gasteiger partial charge >= 0.3 is 0 Å². The zero-order valence-electron chi connectivity index (χ0n) is 15.5. The van der Waals surface area contributed by atoms with Gasteiger partial charge in [0, 0.05) is 43.9 Å². The lowest BCUT2D eigenvalue weighted by atomic mass is 10.2. The highest BCUT2D eigenvalue weighted by Crippen LogP contribution is 2.16. The number of rotatable bonds is 5. The number of hydrogen-bond donors (Lipinski definition) is 2. The minimum atomic E-state index is 0. The van der Waals surface area contributed by atoms with Gasteiger partial charge in [0.1, 0.15) is 0 Å². The van der Waals surface area contributed by atoms with Crippen molar-refractivity contribution >= 4 is 47.2 Å². The van der Waals surface area contributed by atoms with E-state index in [0.29, 0.717) is 6.54 Å². The third kappa shape index (κ3) is 6.86. The standard InChI is InChI=1S/C20H25ClN4O.HI/c1-22-20(23-14-16-2-6-18(21)7-3-16)24-15-17-4-8-19(9-5-17)25-10-12-26-13-11-25;/h2-9H,10-15H2,1H3,(H2,22,23,24);1H. The maximum atomic E-state index is 5.91. The van der Waals surface area contributed by atoms with Gasteiger partial charge in [0.25, 0.3) is 0 Å². The molecule has 1 aliphatic heterocycles. The molecule has 0 unspecified atom stereocenters. The summed E-state index contributed by atoms with van der Waals surface area (Å²) in [6.07, 6.45) is 0. The smallest absolute Gasteiger partial charge is 0.191 e. The van der Waals surface area contributed by atoms with Gasteiger partial charge in [0.2, 0.25) is 0 Å². The van der Waals surface area contributed by atoms with Crippen LogP contribution in [0.3, 0.4) is 0 Å². The second-order valence-electron chi connectivity index (χ2n) is 6.17. The zero-order chi connectivity index (χ0) is 18.2. The first-order chi connectivity index (χ1) is 12.7. The fourth-order valence-electron chi connectivity index (χ4n) is 2.84. The number of anilines is 1. The van der Waals surface area contributed by atoms with Crippen LogP contribution in [0.25, 0.3) is 0 Å². The summed E-state index contributed by atoms with van der Waals surface area (Å²) in [5, 5.41) is 7.40. The SMILES string of the molecule is CN=C(NCc1ccc(Cl)cc1)NCc1ccc(N2CCOCC2)cc1.I. The molecule has 1 aliphatic rings. The highest BCUT2D eigenvalue weighted by Gasteiger charge is 2.10. The van der Waals surface area contributed by atoms with Gasteiger partial charge in [-0.25, -0.2) is 0 Å². The van der Waals surface area contributed by atoms with Gasteiger partial charge in [0.15, 0.2) is 5.96 Å². The third-order valence-electron chi connectivity index (χ3n) is 4.37. The molecule has 146 valence electrons. The van der Waals surface area contributed by atoms with Crippen molar-refractivity contribution in [1.82, 2.24) is 10.6 Å². The summed E-state index contributed by atoms with van der Waals surface area (Å²) in [6.45, 7) is 4.95. The highest BCUT2D eigenvalue weighted by atomic mass is 127. The van der Waals surface area contributed by atoms with E-state index in [9.17, 15) is 0 Å². The van der Waals surface area contributed by atoms with Crippen LogP contribution in [0.2, 0.25) is 5.02 Å². The van der Waals surface area contributed by atoms with E-state index in [-0.39, 0.29) is 24.0 Å². The summed E-state index contributed by atoms with van der Waals surface area (Å²) in [4.78, 5) is 6.63. The van der Waals surface area contributed by atoms with Gasteiger partial charge in [-0.1, -0.05) is 35.9 Å². The normalized spacial score (nSPS) is 14.4.